The van der Waals surface area contributed by atoms with Gasteiger partial charge in [0.25, 0.3) is 0 Å². The van der Waals surface area contributed by atoms with E-state index >= 15 is 0 Å². The van der Waals surface area contributed by atoms with Crippen molar-refractivity contribution in [3.8, 4) is 5.69 Å². The van der Waals surface area contributed by atoms with Crippen LogP contribution in [0.15, 0.2) is 61.2 Å². The number of rotatable bonds is 6. The van der Waals surface area contributed by atoms with Crippen molar-refractivity contribution < 1.29 is 14.0 Å². The van der Waals surface area contributed by atoms with Crippen molar-refractivity contribution in [1.82, 2.24) is 24.4 Å². The van der Waals surface area contributed by atoms with Crippen LogP contribution in [0.1, 0.15) is 25.1 Å². The summed E-state index contributed by atoms with van der Waals surface area (Å²) in [4.78, 5) is 39.4. The summed E-state index contributed by atoms with van der Waals surface area (Å²) in [6, 6.07) is 11.3. The maximum absolute atomic E-state index is 13.9. The van der Waals surface area contributed by atoms with Gasteiger partial charge in [0.05, 0.1) is 28.7 Å². The average Bonchev–Trinajstić information content (AvgIpc) is 3.58. The second-order valence-electron chi connectivity index (χ2n) is 8.07. The summed E-state index contributed by atoms with van der Waals surface area (Å²) in [7, 11) is 0. The minimum atomic E-state index is -0.591. The quantitative estimate of drug-likeness (QED) is 0.474. The maximum Gasteiger partial charge on any atom is 0.247 e. The van der Waals surface area contributed by atoms with Crippen molar-refractivity contribution in [2.75, 3.05) is 11.9 Å². The Balaban J connectivity index is 1.27. The second-order valence-corrected chi connectivity index (χ2v) is 8.07. The normalized spacial score (nSPS) is 15.8. The second kappa shape index (κ2) is 8.85. The number of para-hydroxylation sites is 2. The first-order valence-corrected chi connectivity index (χ1v) is 10.9. The number of halogens is 1. The Kier molecular flexibility index (Phi) is 5.60. The molecular formula is C24H23FN6O2. The van der Waals surface area contributed by atoms with Crippen molar-refractivity contribution in [3.63, 3.8) is 0 Å². The molecule has 5 rings (SSSR count). The number of carbonyl (C=O) groups excluding carboxylic acids is 2. The lowest BCUT2D eigenvalue weighted by atomic mass is 10.1. The van der Waals surface area contributed by atoms with Crippen LogP contribution in [0.3, 0.4) is 0 Å². The van der Waals surface area contributed by atoms with Crippen LogP contribution in [0.2, 0.25) is 0 Å². The van der Waals surface area contributed by atoms with Crippen LogP contribution in [0.25, 0.3) is 16.7 Å². The van der Waals surface area contributed by atoms with Gasteiger partial charge in [0.1, 0.15) is 17.7 Å². The Morgan fingerprint density at radius 3 is 2.91 bits per heavy atom. The first kappa shape index (κ1) is 20.9. The standard InChI is InChI=1S/C24H23FN6O2/c25-16-7-8-20(30-13-11-26-15-30)19(14-16)29-24(33)21-6-3-12-31(21)23(32)10-9-22-27-17-4-1-2-5-18(17)28-22/h1-2,4-5,7-8,11,13-15,21H,3,6,9-10,12H2,(H,27,28)(H,29,33)/t21-/m0/s1. The molecule has 1 atom stereocenters. The topological polar surface area (TPSA) is 95.9 Å². The summed E-state index contributed by atoms with van der Waals surface area (Å²) in [5, 5.41) is 2.82. The van der Waals surface area contributed by atoms with E-state index < -0.39 is 11.9 Å². The summed E-state index contributed by atoms with van der Waals surface area (Å²) in [5.74, 6) is -0.132. The number of imidazole rings is 2. The van der Waals surface area contributed by atoms with Gasteiger partial charge in [-0.1, -0.05) is 12.1 Å². The number of hydrogen-bond acceptors (Lipinski definition) is 4. The number of aromatic amines is 1. The summed E-state index contributed by atoms with van der Waals surface area (Å²) < 4.78 is 15.6. The number of H-pyrrole nitrogens is 1. The molecule has 3 heterocycles. The molecule has 0 saturated carbocycles. The van der Waals surface area contributed by atoms with E-state index in [1.165, 1.54) is 12.1 Å². The summed E-state index contributed by atoms with van der Waals surface area (Å²) in [6.45, 7) is 0.522. The fourth-order valence-electron chi connectivity index (χ4n) is 4.28. The molecule has 1 aliphatic heterocycles. The molecule has 0 aliphatic carbocycles. The SMILES string of the molecule is O=C(Nc1cc(F)ccc1-n1ccnc1)[C@@H]1CCCN1C(=O)CCc1nc2ccccc2[nH]1. The average molecular weight is 446 g/mol. The van der Waals surface area contributed by atoms with Gasteiger partial charge in [-0.15, -0.1) is 0 Å². The third-order valence-electron chi connectivity index (χ3n) is 5.89. The van der Waals surface area contributed by atoms with Crippen LogP contribution in [0, 0.1) is 5.82 Å². The highest BCUT2D eigenvalue weighted by Crippen LogP contribution is 2.25. The highest BCUT2D eigenvalue weighted by atomic mass is 19.1. The number of carbonyl (C=O) groups is 2. The van der Waals surface area contributed by atoms with Gasteiger partial charge in [0.15, 0.2) is 0 Å². The number of nitrogens with one attached hydrogen (secondary N) is 2. The Labute approximate surface area is 189 Å². The van der Waals surface area contributed by atoms with E-state index in [9.17, 15) is 14.0 Å². The number of anilines is 1. The number of benzene rings is 2. The lowest BCUT2D eigenvalue weighted by Crippen LogP contribution is -2.43. The number of fused-ring (bicyclic) bond motifs is 1. The molecule has 0 spiro atoms. The van der Waals surface area contributed by atoms with Crippen LogP contribution in [-0.4, -0.2) is 48.8 Å². The van der Waals surface area contributed by atoms with E-state index in [4.69, 9.17) is 0 Å². The van der Waals surface area contributed by atoms with E-state index in [0.717, 1.165) is 23.3 Å². The largest absolute Gasteiger partial charge is 0.342 e. The smallest absolute Gasteiger partial charge is 0.247 e. The highest BCUT2D eigenvalue weighted by Gasteiger charge is 2.34. The number of amides is 2. The fourth-order valence-corrected chi connectivity index (χ4v) is 4.28. The molecule has 0 unspecified atom stereocenters. The van der Waals surface area contributed by atoms with Crippen molar-refractivity contribution in [1.29, 1.82) is 0 Å². The summed E-state index contributed by atoms with van der Waals surface area (Å²) in [6.07, 6.45) is 6.92. The molecule has 4 aromatic rings. The van der Waals surface area contributed by atoms with E-state index in [1.54, 1.807) is 34.3 Å². The van der Waals surface area contributed by atoms with Gasteiger partial charge in [-0.3, -0.25) is 9.59 Å². The van der Waals surface area contributed by atoms with Gasteiger partial charge in [0.2, 0.25) is 11.8 Å². The molecule has 1 saturated heterocycles. The monoisotopic (exact) mass is 446 g/mol. The van der Waals surface area contributed by atoms with E-state index in [-0.39, 0.29) is 18.2 Å². The van der Waals surface area contributed by atoms with Gasteiger partial charge in [0, 0.05) is 31.8 Å². The predicted molar refractivity (Wildman–Crippen MR) is 121 cm³/mol. The molecule has 168 valence electrons. The molecule has 0 bridgehead atoms. The molecule has 1 aliphatic rings. The lowest BCUT2D eigenvalue weighted by Gasteiger charge is -2.24. The molecule has 0 radical (unpaired) electrons. The van der Waals surface area contributed by atoms with Gasteiger partial charge >= 0.3 is 0 Å². The van der Waals surface area contributed by atoms with Crippen LogP contribution in [-0.2, 0) is 16.0 Å². The van der Waals surface area contributed by atoms with Gasteiger partial charge in [-0.2, -0.15) is 0 Å². The minimum Gasteiger partial charge on any atom is -0.342 e. The Morgan fingerprint density at radius 1 is 1.21 bits per heavy atom. The fraction of sp³-hybridized carbons (Fsp3) is 0.250. The molecule has 2 aromatic carbocycles. The molecule has 2 aromatic heterocycles. The zero-order chi connectivity index (χ0) is 22.8. The zero-order valence-electron chi connectivity index (χ0n) is 17.9. The van der Waals surface area contributed by atoms with Crippen LogP contribution in [0.5, 0.6) is 0 Å². The van der Waals surface area contributed by atoms with Gasteiger partial charge in [-0.05, 0) is 43.2 Å². The number of nitrogens with zero attached hydrogens (tertiary/aromatic N) is 4. The number of likely N-dealkylation sites (tertiary alicyclic amines) is 1. The minimum absolute atomic E-state index is 0.0952. The third kappa shape index (κ3) is 4.34. The molecule has 33 heavy (non-hydrogen) atoms. The van der Waals surface area contributed by atoms with Gasteiger partial charge < -0.3 is 19.8 Å². The van der Waals surface area contributed by atoms with Crippen molar-refractivity contribution in [2.24, 2.45) is 0 Å². The molecule has 8 nitrogen and oxygen atoms in total. The summed E-state index contributed by atoms with van der Waals surface area (Å²) in [5.41, 5.74) is 2.73. The van der Waals surface area contributed by atoms with Crippen molar-refractivity contribution in [2.45, 2.75) is 31.7 Å². The Morgan fingerprint density at radius 2 is 2.09 bits per heavy atom. The number of hydrogen-bond donors (Lipinski definition) is 2. The van der Waals surface area contributed by atoms with E-state index in [1.807, 2.05) is 24.3 Å². The molecular weight excluding hydrogens is 423 g/mol. The zero-order valence-corrected chi connectivity index (χ0v) is 17.9. The first-order chi connectivity index (χ1) is 16.1. The van der Waals surface area contributed by atoms with Crippen LogP contribution in [0.4, 0.5) is 10.1 Å². The third-order valence-corrected chi connectivity index (χ3v) is 5.89. The molecule has 2 N–H and O–H groups in total. The van der Waals surface area contributed by atoms with Gasteiger partial charge in [-0.25, -0.2) is 14.4 Å². The number of aryl methyl sites for hydroxylation is 1. The molecule has 9 heteroatoms. The van der Waals surface area contributed by atoms with E-state index in [2.05, 4.69) is 20.3 Å². The molecule has 2 amide bonds. The van der Waals surface area contributed by atoms with Crippen LogP contribution < -0.4 is 5.32 Å². The summed E-state index contributed by atoms with van der Waals surface area (Å²) >= 11 is 0. The maximum atomic E-state index is 13.9. The highest BCUT2D eigenvalue weighted by molar-refractivity contribution is 5.99. The van der Waals surface area contributed by atoms with Crippen molar-refractivity contribution >= 4 is 28.5 Å². The van der Waals surface area contributed by atoms with E-state index in [0.29, 0.717) is 30.8 Å². The number of aromatic nitrogens is 4. The predicted octanol–water partition coefficient (Wildman–Crippen LogP) is 3.45. The first-order valence-electron chi connectivity index (χ1n) is 10.9. The van der Waals surface area contributed by atoms with Crippen molar-refractivity contribution in [3.05, 3.63) is 72.8 Å². The molecule has 1 fully saturated rings. The Bertz CT molecular complexity index is 1270. The lowest BCUT2D eigenvalue weighted by molar-refractivity contribution is -0.136. The van der Waals surface area contributed by atoms with Crippen LogP contribution >= 0.6 is 0 Å². The Hall–Kier alpha value is -4.01.